The first-order chi connectivity index (χ1) is 22.3. The molecular weight excluding hydrogens is 596 g/mol. The quantitative estimate of drug-likeness (QED) is 0.138. The molecule has 0 radical (unpaired) electrons. The molecule has 0 aromatic heterocycles. The second kappa shape index (κ2) is 18.0. The Kier molecular flexibility index (Phi) is 14.2. The van der Waals surface area contributed by atoms with E-state index in [2.05, 4.69) is 21.3 Å². The molecule has 0 heterocycles. The van der Waals surface area contributed by atoms with E-state index in [9.17, 15) is 24.3 Å². The lowest BCUT2D eigenvalue weighted by atomic mass is 9.96. The largest absolute Gasteiger partial charge is 0.445 e. The minimum absolute atomic E-state index is 0.0292. The fraction of sp³-hybridized carbons (Fsp3) is 0.459. The Morgan fingerprint density at radius 1 is 0.638 bits per heavy atom. The number of ether oxygens (including phenoxy) is 1. The highest BCUT2D eigenvalue weighted by molar-refractivity contribution is 6.04. The van der Waals surface area contributed by atoms with Crippen molar-refractivity contribution < 1.29 is 29.0 Å². The average molecular weight is 647 g/mol. The molecule has 1 unspecified atom stereocenters. The summed E-state index contributed by atoms with van der Waals surface area (Å²) >= 11 is 0. The third kappa shape index (κ3) is 12.0. The van der Waals surface area contributed by atoms with Gasteiger partial charge in [0.05, 0.1) is 6.04 Å². The van der Waals surface area contributed by atoms with Crippen molar-refractivity contribution in [3.63, 3.8) is 0 Å². The summed E-state index contributed by atoms with van der Waals surface area (Å²) in [4.78, 5) is 53.2. The lowest BCUT2D eigenvalue weighted by Crippen LogP contribution is -2.57. The van der Waals surface area contributed by atoms with Crippen LogP contribution in [0.2, 0.25) is 0 Å². The van der Waals surface area contributed by atoms with Crippen molar-refractivity contribution in [3.05, 3.63) is 78.4 Å². The molecule has 0 bridgehead atoms. The number of fused-ring (bicyclic) bond motifs is 1. The molecular formula is C37H50N4O6. The Morgan fingerprint density at radius 3 is 1.83 bits per heavy atom. The summed E-state index contributed by atoms with van der Waals surface area (Å²) in [7, 11) is 0. The van der Waals surface area contributed by atoms with E-state index in [0.29, 0.717) is 24.9 Å². The first kappa shape index (κ1) is 37.0. The molecule has 0 aliphatic heterocycles. The van der Waals surface area contributed by atoms with Gasteiger partial charge in [-0.1, -0.05) is 108 Å². The van der Waals surface area contributed by atoms with Gasteiger partial charge in [0.25, 0.3) is 5.91 Å². The summed E-state index contributed by atoms with van der Waals surface area (Å²) in [5.41, 5.74) is 1.36. The fourth-order valence-electron chi connectivity index (χ4n) is 5.37. The van der Waals surface area contributed by atoms with Crippen LogP contribution in [0.3, 0.4) is 0 Å². The topological polar surface area (TPSA) is 146 Å². The van der Waals surface area contributed by atoms with Crippen LogP contribution < -0.4 is 21.3 Å². The number of hydrogen-bond acceptors (Lipinski definition) is 6. The zero-order valence-corrected chi connectivity index (χ0v) is 28.3. The van der Waals surface area contributed by atoms with Gasteiger partial charge >= 0.3 is 6.09 Å². The molecule has 0 aliphatic carbocycles. The Hall–Kier alpha value is -4.44. The monoisotopic (exact) mass is 646 g/mol. The number of anilines is 1. The first-order valence-electron chi connectivity index (χ1n) is 16.4. The van der Waals surface area contributed by atoms with Crippen LogP contribution in [-0.2, 0) is 25.7 Å². The van der Waals surface area contributed by atoms with E-state index in [0.717, 1.165) is 16.3 Å². The molecule has 0 fully saturated rings. The van der Waals surface area contributed by atoms with Crippen LogP contribution >= 0.6 is 0 Å². The van der Waals surface area contributed by atoms with Crippen LogP contribution in [0.1, 0.15) is 66.4 Å². The lowest BCUT2D eigenvalue weighted by Gasteiger charge is -2.29. The van der Waals surface area contributed by atoms with Gasteiger partial charge in [0.15, 0.2) is 6.10 Å². The van der Waals surface area contributed by atoms with Crippen LogP contribution in [0.4, 0.5) is 10.5 Å². The molecule has 3 aromatic carbocycles. The Balaban J connectivity index is 1.72. The molecule has 4 atom stereocenters. The zero-order valence-electron chi connectivity index (χ0n) is 28.3. The predicted octanol–water partition coefficient (Wildman–Crippen LogP) is 5.54. The molecule has 3 rings (SSSR count). The summed E-state index contributed by atoms with van der Waals surface area (Å²) in [5.74, 6) is -1.56. The maximum absolute atomic E-state index is 13.7. The summed E-state index contributed by atoms with van der Waals surface area (Å²) in [6, 6.07) is 19.5. The number of benzene rings is 3. The molecule has 254 valence electrons. The van der Waals surface area contributed by atoms with Crippen molar-refractivity contribution in [1.29, 1.82) is 0 Å². The molecule has 0 saturated carbocycles. The van der Waals surface area contributed by atoms with Crippen molar-refractivity contribution in [2.24, 2.45) is 17.8 Å². The Morgan fingerprint density at radius 2 is 1.19 bits per heavy atom. The van der Waals surface area contributed by atoms with Gasteiger partial charge in [-0.3, -0.25) is 14.4 Å². The highest BCUT2D eigenvalue weighted by Gasteiger charge is 2.33. The van der Waals surface area contributed by atoms with Crippen molar-refractivity contribution in [3.8, 4) is 0 Å². The molecule has 0 spiro atoms. The summed E-state index contributed by atoms with van der Waals surface area (Å²) in [5, 5.41) is 24.1. The number of aliphatic hydroxyl groups is 1. The van der Waals surface area contributed by atoms with Crippen LogP contribution in [0, 0.1) is 17.8 Å². The lowest BCUT2D eigenvalue weighted by molar-refractivity contribution is -0.133. The number of aliphatic hydroxyl groups excluding tert-OH is 1. The second-order valence-electron chi connectivity index (χ2n) is 13.3. The van der Waals surface area contributed by atoms with Gasteiger partial charge in [0, 0.05) is 11.1 Å². The van der Waals surface area contributed by atoms with Crippen molar-refractivity contribution in [2.45, 2.75) is 91.6 Å². The molecule has 3 aromatic rings. The Labute approximate surface area is 278 Å². The number of hydrogen-bond donors (Lipinski definition) is 5. The highest BCUT2D eigenvalue weighted by atomic mass is 16.5. The van der Waals surface area contributed by atoms with E-state index in [4.69, 9.17) is 4.74 Å². The van der Waals surface area contributed by atoms with Gasteiger partial charge in [0.1, 0.15) is 18.7 Å². The number of nitrogens with one attached hydrogen (secondary N) is 4. The van der Waals surface area contributed by atoms with E-state index >= 15 is 0 Å². The van der Waals surface area contributed by atoms with Crippen molar-refractivity contribution >= 4 is 40.3 Å². The van der Waals surface area contributed by atoms with Crippen LogP contribution in [-0.4, -0.2) is 53.2 Å². The van der Waals surface area contributed by atoms with Crippen molar-refractivity contribution in [2.75, 3.05) is 5.32 Å². The summed E-state index contributed by atoms with van der Waals surface area (Å²) in [6.45, 7) is 11.6. The smallest absolute Gasteiger partial charge is 0.408 e. The predicted molar refractivity (Wildman–Crippen MR) is 184 cm³/mol. The van der Waals surface area contributed by atoms with E-state index in [-0.39, 0.29) is 24.4 Å². The molecule has 5 N–H and O–H groups in total. The van der Waals surface area contributed by atoms with Gasteiger partial charge in [-0.05, 0) is 54.0 Å². The standard InChI is InChI=1S/C37H50N4O6/c1-23(2)19-30(33(42)36(45)38-29-18-12-16-27-15-10-11-17-28(27)29)39-34(43)31(20-24(3)4)40-35(44)32(21-25(5)6)41-37(46)47-22-26-13-8-7-9-14-26/h7-18,23-25,30-33,42H,19-22H2,1-6H3,(H,38,45)(H,39,43)(H,40,44)(H,41,46)/t30-,31-,32-,33?/m0/s1. The number of carbonyl (C=O) groups excluding carboxylic acids is 4. The molecule has 10 nitrogen and oxygen atoms in total. The zero-order chi connectivity index (χ0) is 34.5. The fourth-order valence-corrected chi connectivity index (χ4v) is 5.37. The van der Waals surface area contributed by atoms with Gasteiger partial charge in [-0.25, -0.2) is 4.79 Å². The molecule has 47 heavy (non-hydrogen) atoms. The van der Waals surface area contributed by atoms with Crippen LogP contribution in [0.15, 0.2) is 72.8 Å². The van der Waals surface area contributed by atoms with E-state index in [1.165, 1.54) is 0 Å². The average Bonchev–Trinajstić information content (AvgIpc) is 3.02. The molecule has 0 saturated heterocycles. The SMILES string of the molecule is CC(C)C[C@H](NC(=O)OCc1ccccc1)C(=O)N[C@@H](CC(C)C)C(=O)N[C@@H](CC(C)C)C(O)C(=O)Nc1cccc2ccccc12. The van der Waals surface area contributed by atoms with Gasteiger partial charge in [-0.2, -0.15) is 0 Å². The number of alkyl carbamates (subject to hydrolysis) is 1. The summed E-state index contributed by atoms with van der Waals surface area (Å²) < 4.78 is 5.34. The summed E-state index contributed by atoms with van der Waals surface area (Å²) in [6.07, 6.45) is -1.34. The van der Waals surface area contributed by atoms with Gasteiger partial charge in [0.2, 0.25) is 11.8 Å². The normalized spacial score (nSPS) is 13.9. The molecule has 10 heteroatoms. The van der Waals surface area contributed by atoms with Crippen LogP contribution in [0.25, 0.3) is 10.8 Å². The maximum atomic E-state index is 13.7. The minimum atomic E-state index is -1.55. The maximum Gasteiger partial charge on any atom is 0.408 e. The highest BCUT2D eigenvalue weighted by Crippen LogP contribution is 2.23. The van der Waals surface area contributed by atoms with E-state index < -0.39 is 48.0 Å². The second-order valence-corrected chi connectivity index (χ2v) is 13.3. The first-order valence-corrected chi connectivity index (χ1v) is 16.4. The van der Waals surface area contributed by atoms with E-state index in [1.54, 1.807) is 6.07 Å². The number of rotatable bonds is 16. The molecule has 4 amide bonds. The number of carbonyl (C=O) groups is 4. The van der Waals surface area contributed by atoms with Gasteiger partial charge < -0.3 is 31.1 Å². The molecule has 0 aliphatic rings. The third-order valence-corrected chi connectivity index (χ3v) is 7.62. The number of amides is 4. The van der Waals surface area contributed by atoms with Crippen molar-refractivity contribution in [1.82, 2.24) is 16.0 Å². The minimum Gasteiger partial charge on any atom is -0.445 e. The third-order valence-electron chi connectivity index (χ3n) is 7.62. The Bertz CT molecular complexity index is 1470. The van der Waals surface area contributed by atoms with E-state index in [1.807, 2.05) is 108 Å². The van der Waals surface area contributed by atoms with Gasteiger partial charge in [-0.15, -0.1) is 0 Å². The van der Waals surface area contributed by atoms with Crippen LogP contribution in [0.5, 0.6) is 0 Å².